The lowest BCUT2D eigenvalue weighted by atomic mass is 9.85. The summed E-state index contributed by atoms with van der Waals surface area (Å²) in [4.78, 5) is 38.1. The second-order valence-electron chi connectivity index (χ2n) is 11.9. The largest absolute Gasteiger partial charge is 0.468 e. The van der Waals surface area contributed by atoms with Crippen molar-refractivity contribution < 1.29 is 14.3 Å². The van der Waals surface area contributed by atoms with Crippen LogP contribution in [-0.2, 0) is 16.0 Å². The third-order valence-corrected chi connectivity index (χ3v) is 9.75. The van der Waals surface area contributed by atoms with Gasteiger partial charge in [0, 0.05) is 62.1 Å². The van der Waals surface area contributed by atoms with Crippen molar-refractivity contribution in [1.82, 2.24) is 20.3 Å². The summed E-state index contributed by atoms with van der Waals surface area (Å²) >= 11 is 0. The Bertz CT molecular complexity index is 1810. The topological polar surface area (TPSA) is 103 Å². The van der Waals surface area contributed by atoms with Gasteiger partial charge in [-0.05, 0) is 86.6 Å². The number of ketones is 1. The molecule has 4 N–H and O–H groups in total. The lowest BCUT2D eigenvalue weighted by molar-refractivity contribution is -0.141. The number of ether oxygens (including phenoxy) is 1. The number of aromatic nitrogens is 3. The Labute approximate surface area is 240 Å². The first-order chi connectivity index (χ1) is 19.6. The summed E-state index contributed by atoms with van der Waals surface area (Å²) in [6, 6.07) is 0. The third kappa shape index (κ3) is 3.92. The van der Waals surface area contributed by atoms with Gasteiger partial charge in [-0.15, -0.1) is 0 Å². The number of rotatable bonds is 4. The molecule has 0 aromatic carbocycles. The Morgan fingerprint density at radius 1 is 0.878 bits per heavy atom. The molecule has 1 saturated heterocycles. The molecule has 2 aliphatic heterocycles. The molecule has 3 aromatic rings. The van der Waals surface area contributed by atoms with Crippen molar-refractivity contribution in [1.29, 1.82) is 0 Å². The van der Waals surface area contributed by atoms with E-state index in [4.69, 9.17) is 4.74 Å². The molecule has 7 nitrogen and oxygen atoms in total. The smallest absolute Gasteiger partial charge is 0.321 e. The summed E-state index contributed by atoms with van der Waals surface area (Å²) in [6.07, 6.45) is 9.33. The molecule has 3 aliphatic rings. The number of H-pyrrole nitrogens is 3. The SMILES string of the molecule is CCC[C@@H]1/C2=C3/c4[nH]c(c(C)c4C(=O)[C@@H]3C(=O)OC)/C=c3\[nH]/c(c(C)c3CC)=C\c3[nH]c(c(C)c3C)/C=C(\N2)[C@H]1C. The number of carbonyl (C=O) groups is 2. The number of Topliss-reactive ketones (excluding diaryl/α,β-unsaturated/α-hetero) is 1. The van der Waals surface area contributed by atoms with Crippen molar-refractivity contribution in [3.63, 3.8) is 0 Å². The molecule has 1 aliphatic carbocycles. The summed E-state index contributed by atoms with van der Waals surface area (Å²) in [6.45, 7) is 15.0. The van der Waals surface area contributed by atoms with Gasteiger partial charge in [-0.1, -0.05) is 27.2 Å². The second kappa shape index (κ2) is 9.82. The summed E-state index contributed by atoms with van der Waals surface area (Å²) in [7, 11) is 1.36. The number of methoxy groups -OCH3 is 1. The maximum Gasteiger partial charge on any atom is 0.321 e. The molecular weight excluding hydrogens is 512 g/mol. The standard InChI is InChI=1S/C34H40N4O3/c1-9-11-21-18(6)25-13-23-16(4)15(3)22(35-23)12-24-17(5)20(10-2)27(36-24)14-26-19(7)28-32(38-26)29(31(21)37-25)30(33(28)39)34(40)41-8/h12-14,18,21,30,35-38H,9-11H2,1-8H3/b24-12-,25-13-,27-14-,31-29-/t18-,21-,30+/m0/s1. The van der Waals surface area contributed by atoms with Gasteiger partial charge < -0.3 is 25.0 Å². The van der Waals surface area contributed by atoms with Crippen LogP contribution in [0.15, 0.2) is 11.4 Å². The van der Waals surface area contributed by atoms with E-state index in [1.54, 1.807) is 0 Å². The number of carbonyl (C=O) groups excluding carboxylic acids is 2. The number of hydrogen-bond donors (Lipinski definition) is 4. The normalized spacial score (nSPS) is 25.7. The molecule has 0 amide bonds. The van der Waals surface area contributed by atoms with Crippen LogP contribution in [0.25, 0.3) is 23.8 Å². The molecule has 3 aromatic heterocycles. The highest BCUT2D eigenvalue weighted by Crippen LogP contribution is 2.48. The van der Waals surface area contributed by atoms with Crippen molar-refractivity contribution in [3.05, 3.63) is 78.2 Å². The quantitative estimate of drug-likeness (QED) is 0.275. The third-order valence-electron chi connectivity index (χ3n) is 9.75. The van der Waals surface area contributed by atoms with E-state index >= 15 is 0 Å². The van der Waals surface area contributed by atoms with Crippen LogP contribution in [0.1, 0.15) is 94.6 Å². The average Bonchev–Trinajstić information content (AvgIpc) is 3.68. The average molecular weight is 553 g/mol. The minimum Gasteiger partial charge on any atom is -0.468 e. The van der Waals surface area contributed by atoms with Crippen LogP contribution >= 0.6 is 0 Å². The summed E-state index contributed by atoms with van der Waals surface area (Å²) in [5.41, 5.74) is 12.9. The van der Waals surface area contributed by atoms with E-state index in [9.17, 15) is 9.59 Å². The molecule has 3 atom stereocenters. The van der Waals surface area contributed by atoms with E-state index in [1.165, 1.54) is 29.4 Å². The van der Waals surface area contributed by atoms with Gasteiger partial charge in [0.25, 0.3) is 0 Å². The Balaban J connectivity index is 1.74. The maximum atomic E-state index is 14.0. The number of allylic oxidation sites excluding steroid dienone is 2. The van der Waals surface area contributed by atoms with Crippen molar-refractivity contribution in [2.45, 2.75) is 67.7 Å². The van der Waals surface area contributed by atoms with E-state index in [0.717, 1.165) is 75.3 Å². The van der Waals surface area contributed by atoms with Gasteiger partial charge in [-0.2, -0.15) is 0 Å². The summed E-state index contributed by atoms with van der Waals surface area (Å²) in [5, 5.41) is 5.82. The van der Waals surface area contributed by atoms with Crippen LogP contribution in [0.3, 0.4) is 0 Å². The van der Waals surface area contributed by atoms with Crippen LogP contribution in [0.4, 0.5) is 0 Å². The Hall–Kier alpha value is -4.00. The Morgan fingerprint density at radius 3 is 2.20 bits per heavy atom. The fraction of sp³-hybridized carbons (Fsp3) is 0.412. The fourth-order valence-electron chi connectivity index (χ4n) is 7.16. The first-order valence-corrected chi connectivity index (χ1v) is 14.8. The second-order valence-corrected chi connectivity index (χ2v) is 11.9. The summed E-state index contributed by atoms with van der Waals surface area (Å²) < 4.78 is 5.20. The number of aromatic amines is 3. The molecule has 0 unspecified atom stereocenters. The molecule has 0 spiro atoms. The fourth-order valence-corrected chi connectivity index (χ4v) is 7.16. The van der Waals surface area contributed by atoms with Crippen molar-refractivity contribution in [2.75, 3.05) is 7.11 Å². The van der Waals surface area contributed by atoms with Gasteiger partial charge in [0.1, 0.15) is 5.92 Å². The van der Waals surface area contributed by atoms with E-state index < -0.39 is 11.9 Å². The number of esters is 1. The molecule has 1 fully saturated rings. The zero-order chi connectivity index (χ0) is 29.3. The lowest BCUT2D eigenvalue weighted by Gasteiger charge is -2.19. The predicted molar refractivity (Wildman–Crippen MR) is 163 cm³/mol. The number of fused-ring (bicyclic) bond motifs is 7. The van der Waals surface area contributed by atoms with Crippen LogP contribution < -0.4 is 16.0 Å². The van der Waals surface area contributed by atoms with Crippen molar-refractivity contribution in [3.8, 4) is 0 Å². The monoisotopic (exact) mass is 552 g/mol. The van der Waals surface area contributed by atoms with E-state index in [1.807, 2.05) is 6.92 Å². The maximum absolute atomic E-state index is 14.0. The van der Waals surface area contributed by atoms with E-state index in [2.05, 4.69) is 80.0 Å². The Kier molecular flexibility index (Phi) is 6.51. The highest BCUT2D eigenvalue weighted by Gasteiger charge is 2.48. The van der Waals surface area contributed by atoms with E-state index in [0.29, 0.717) is 5.56 Å². The van der Waals surface area contributed by atoms with Crippen molar-refractivity contribution in [2.24, 2.45) is 17.8 Å². The van der Waals surface area contributed by atoms with Gasteiger partial charge in [0.2, 0.25) is 0 Å². The molecule has 7 heteroatoms. The summed E-state index contributed by atoms with van der Waals surface area (Å²) in [5.74, 6) is -1.37. The minimum absolute atomic E-state index is 0.140. The van der Waals surface area contributed by atoms with Gasteiger partial charge in [0.15, 0.2) is 5.78 Å². The molecule has 0 saturated carbocycles. The predicted octanol–water partition coefficient (Wildman–Crippen LogP) is 4.83. The number of nitrogens with one attached hydrogen (secondary N) is 4. The van der Waals surface area contributed by atoms with Gasteiger partial charge in [-0.25, -0.2) is 0 Å². The van der Waals surface area contributed by atoms with Crippen LogP contribution in [0.5, 0.6) is 0 Å². The molecule has 5 heterocycles. The minimum atomic E-state index is -0.984. The van der Waals surface area contributed by atoms with Crippen molar-refractivity contribution >= 4 is 35.6 Å². The molecule has 0 radical (unpaired) electrons. The molecule has 8 bridgehead atoms. The van der Waals surface area contributed by atoms with Gasteiger partial charge in [-0.3, -0.25) is 9.59 Å². The highest BCUT2D eigenvalue weighted by atomic mass is 16.5. The molecule has 41 heavy (non-hydrogen) atoms. The molecular formula is C34H40N4O3. The van der Waals surface area contributed by atoms with Gasteiger partial charge in [0.05, 0.1) is 12.8 Å². The molecule has 214 valence electrons. The number of hydrogen-bond acceptors (Lipinski definition) is 4. The van der Waals surface area contributed by atoms with Crippen LogP contribution in [0.2, 0.25) is 0 Å². The first kappa shape index (κ1) is 27.2. The van der Waals surface area contributed by atoms with E-state index in [-0.39, 0.29) is 17.6 Å². The van der Waals surface area contributed by atoms with Crippen LogP contribution in [-0.4, -0.2) is 33.8 Å². The zero-order valence-corrected chi connectivity index (χ0v) is 25.3. The highest BCUT2D eigenvalue weighted by molar-refractivity contribution is 6.24. The van der Waals surface area contributed by atoms with Gasteiger partial charge >= 0.3 is 5.97 Å². The Morgan fingerprint density at radius 2 is 1.54 bits per heavy atom. The zero-order valence-electron chi connectivity index (χ0n) is 25.3. The van der Waals surface area contributed by atoms with Crippen LogP contribution in [0, 0.1) is 45.4 Å². The lowest BCUT2D eigenvalue weighted by Crippen LogP contribution is -2.25. The molecule has 6 rings (SSSR count). The first-order valence-electron chi connectivity index (χ1n) is 14.8.